The summed E-state index contributed by atoms with van der Waals surface area (Å²) in [6.45, 7) is 7.41. The Morgan fingerprint density at radius 2 is 1.61 bits per heavy atom. The van der Waals surface area contributed by atoms with Crippen molar-refractivity contribution in [2.75, 3.05) is 13.2 Å². The first kappa shape index (κ1) is 34.3. The highest BCUT2D eigenvalue weighted by Gasteiger charge is 2.51. The second-order valence-electron chi connectivity index (χ2n) is 12.4. The summed E-state index contributed by atoms with van der Waals surface area (Å²) in [5, 5.41) is 52.2. The van der Waals surface area contributed by atoms with E-state index in [1.807, 2.05) is 13.8 Å². The molecule has 0 amide bonds. The van der Waals surface area contributed by atoms with Gasteiger partial charge in [-0.1, -0.05) is 69.9 Å². The summed E-state index contributed by atoms with van der Waals surface area (Å²) in [6.07, 6.45) is 10.2. The number of hydroxylamine groups is 2. The van der Waals surface area contributed by atoms with Crippen molar-refractivity contribution in [1.82, 2.24) is 20.1 Å². The number of rotatable bonds is 19. The molecule has 12 heteroatoms. The Balaban J connectivity index is 1.18. The van der Waals surface area contributed by atoms with Crippen molar-refractivity contribution in [1.29, 1.82) is 0 Å². The van der Waals surface area contributed by atoms with E-state index in [1.54, 1.807) is 10.9 Å². The largest absolute Gasteiger partial charge is 0.388 e. The molecule has 1 aromatic rings. The third-order valence-corrected chi connectivity index (χ3v) is 8.34. The fourth-order valence-corrected chi connectivity index (χ4v) is 5.86. The second-order valence-corrected chi connectivity index (χ2v) is 12.4. The minimum Gasteiger partial charge on any atom is -0.388 e. The van der Waals surface area contributed by atoms with Crippen LogP contribution in [0.1, 0.15) is 110 Å². The van der Waals surface area contributed by atoms with E-state index in [9.17, 15) is 20.5 Å². The third kappa shape index (κ3) is 9.64. The van der Waals surface area contributed by atoms with Crippen molar-refractivity contribution in [2.24, 2.45) is 5.73 Å². The molecule has 2 aliphatic heterocycles. The van der Waals surface area contributed by atoms with Crippen LogP contribution in [-0.4, -0.2) is 90.5 Å². The van der Waals surface area contributed by atoms with E-state index in [-0.39, 0.29) is 13.2 Å². The van der Waals surface area contributed by atoms with E-state index < -0.39 is 42.0 Å². The Morgan fingerprint density at radius 3 is 2.20 bits per heavy atom. The molecule has 0 bridgehead atoms. The fourth-order valence-electron chi connectivity index (χ4n) is 5.86. The minimum absolute atomic E-state index is 0.000854. The summed E-state index contributed by atoms with van der Waals surface area (Å²) < 4.78 is 18.9. The summed E-state index contributed by atoms with van der Waals surface area (Å²) in [6, 6.07) is 0. The first-order valence-corrected chi connectivity index (χ1v) is 15.7. The monoisotopic (exact) mass is 584 g/mol. The fraction of sp³-hybridized carbons (Fsp3) is 0.931. The van der Waals surface area contributed by atoms with Gasteiger partial charge in [0.25, 0.3) is 0 Å². The molecule has 0 aliphatic carbocycles. The van der Waals surface area contributed by atoms with E-state index in [0.717, 1.165) is 51.5 Å². The zero-order chi connectivity index (χ0) is 29.9. The van der Waals surface area contributed by atoms with Crippen molar-refractivity contribution in [3.8, 4) is 0 Å². The van der Waals surface area contributed by atoms with Gasteiger partial charge in [-0.25, -0.2) is 0 Å². The molecule has 2 aliphatic rings. The van der Waals surface area contributed by atoms with Gasteiger partial charge in [0.05, 0.1) is 24.9 Å². The number of unbranched alkanes of at least 4 members (excludes halogenated alkanes) is 9. The molecule has 41 heavy (non-hydrogen) atoms. The van der Waals surface area contributed by atoms with Gasteiger partial charge >= 0.3 is 0 Å². The number of hydrogen-bond donors (Lipinski definition) is 4. The van der Waals surface area contributed by atoms with E-state index in [1.165, 1.54) is 43.6 Å². The Kier molecular flexibility index (Phi) is 13.9. The van der Waals surface area contributed by atoms with Gasteiger partial charge in [-0.15, -0.1) is 15.4 Å². The highest BCUT2D eigenvalue weighted by atomic mass is 16.7. The average molecular weight is 585 g/mol. The standard InChI is InChI=1S/C29H54N5O7/c1-4-15-29(34(38)28(2,3)21-40-29)16-13-11-9-7-5-6-8-10-12-14-17-33-19-22(31-32-33)20-39-27-26(37)25(36)24(35)23(18-30)41-27/h19,23-27,35-37H,4-18,20-21,30H2,1-3H3/t23-,24+,25+,26-,27-,29?/m1/s1. The van der Waals surface area contributed by atoms with Crippen molar-refractivity contribution >= 4 is 0 Å². The summed E-state index contributed by atoms with van der Waals surface area (Å²) in [5.74, 6) is 0. The number of aliphatic hydroxyl groups excluding tert-OH is 3. The number of aliphatic hydroxyl groups is 3. The summed E-state index contributed by atoms with van der Waals surface area (Å²) in [7, 11) is 0. The number of aromatic nitrogens is 3. The second kappa shape index (κ2) is 16.6. The molecule has 0 saturated carbocycles. The van der Waals surface area contributed by atoms with Gasteiger partial charge in [-0.05, 0) is 39.5 Å². The van der Waals surface area contributed by atoms with E-state index in [2.05, 4.69) is 17.2 Å². The smallest absolute Gasteiger partial charge is 0.187 e. The molecule has 3 rings (SSSR count). The van der Waals surface area contributed by atoms with Crippen LogP contribution in [0, 0.1) is 0 Å². The summed E-state index contributed by atoms with van der Waals surface area (Å²) >= 11 is 0. The molecule has 0 spiro atoms. The van der Waals surface area contributed by atoms with Crippen LogP contribution in [0.5, 0.6) is 0 Å². The van der Waals surface area contributed by atoms with E-state index in [0.29, 0.717) is 12.3 Å². The molecular formula is C29H54N5O7. The zero-order valence-corrected chi connectivity index (χ0v) is 25.3. The molecule has 1 radical (unpaired) electrons. The molecule has 3 heterocycles. The van der Waals surface area contributed by atoms with Crippen molar-refractivity contribution in [2.45, 2.75) is 159 Å². The molecule has 2 saturated heterocycles. The van der Waals surface area contributed by atoms with Gasteiger partial charge in [0.2, 0.25) is 0 Å². The van der Waals surface area contributed by atoms with Crippen molar-refractivity contribution in [3.63, 3.8) is 0 Å². The first-order valence-electron chi connectivity index (χ1n) is 15.7. The highest BCUT2D eigenvalue weighted by Crippen LogP contribution is 2.40. The molecule has 6 atom stereocenters. The third-order valence-electron chi connectivity index (χ3n) is 8.34. The highest BCUT2D eigenvalue weighted by molar-refractivity contribution is 4.94. The zero-order valence-electron chi connectivity index (χ0n) is 25.3. The lowest BCUT2D eigenvalue weighted by Gasteiger charge is -2.39. The van der Waals surface area contributed by atoms with E-state index >= 15 is 0 Å². The molecule has 12 nitrogen and oxygen atoms in total. The predicted octanol–water partition coefficient (Wildman–Crippen LogP) is 2.80. The number of aryl methyl sites for hydroxylation is 1. The Morgan fingerprint density at radius 1 is 0.976 bits per heavy atom. The Hall–Kier alpha value is -1.22. The first-order chi connectivity index (χ1) is 19.6. The average Bonchev–Trinajstić information content (AvgIpc) is 3.50. The summed E-state index contributed by atoms with van der Waals surface area (Å²) in [5.41, 5.74) is 5.11. The lowest BCUT2D eigenvalue weighted by atomic mass is 9.96. The van der Waals surface area contributed by atoms with Gasteiger partial charge in [0, 0.05) is 13.1 Å². The SMILES string of the molecule is CCCC1(CCCCCCCCCCCCn2cc(CO[C@@H]3O[C@H](CN)[C@H](O)[C@H](O)[C@H]3O)nn2)OCC(C)(C)N1[O]. The number of ether oxygens (including phenoxy) is 3. The topological polar surface area (TPSA) is 168 Å². The van der Waals surface area contributed by atoms with Crippen molar-refractivity contribution < 1.29 is 34.7 Å². The maximum Gasteiger partial charge on any atom is 0.187 e. The quantitative estimate of drug-likeness (QED) is 0.177. The van der Waals surface area contributed by atoms with Crippen LogP contribution in [0.25, 0.3) is 0 Å². The van der Waals surface area contributed by atoms with Crippen LogP contribution >= 0.6 is 0 Å². The molecule has 1 unspecified atom stereocenters. The van der Waals surface area contributed by atoms with Crippen LogP contribution < -0.4 is 5.73 Å². The molecule has 237 valence electrons. The molecule has 0 aromatic carbocycles. The number of nitrogens with two attached hydrogens (primary N) is 1. The van der Waals surface area contributed by atoms with Crippen LogP contribution in [0.15, 0.2) is 6.20 Å². The maximum absolute atomic E-state index is 12.8. The van der Waals surface area contributed by atoms with Gasteiger partial charge < -0.3 is 35.3 Å². The van der Waals surface area contributed by atoms with Gasteiger partial charge in [0.15, 0.2) is 6.29 Å². The molecule has 1 aromatic heterocycles. The predicted molar refractivity (Wildman–Crippen MR) is 152 cm³/mol. The minimum atomic E-state index is -1.39. The van der Waals surface area contributed by atoms with Crippen LogP contribution in [-0.2, 0) is 32.6 Å². The lowest BCUT2D eigenvalue weighted by molar-refractivity contribution is -0.297. The number of nitrogens with zero attached hydrogens (tertiary/aromatic N) is 4. The summed E-state index contributed by atoms with van der Waals surface area (Å²) in [4.78, 5) is 0. The van der Waals surface area contributed by atoms with Gasteiger partial charge in [-0.2, -0.15) is 0 Å². The van der Waals surface area contributed by atoms with Crippen LogP contribution in [0.2, 0.25) is 0 Å². The molecule has 2 fully saturated rings. The molecule has 5 N–H and O–H groups in total. The molecular weight excluding hydrogens is 530 g/mol. The van der Waals surface area contributed by atoms with Crippen LogP contribution in [0.3, 0.4) is 0 Å². The van der Waals surface area contributed by atoms with Gasteiger partial charge in [0.1, 0.15) is 35.8 Å². The normalized spacial score (nSPS) is 30.3. The van der Waals surface area contributed by atoms with Crippen LogP contribution in [0.4, 0.5) is 0 Å². The number of hydrogen-bond acceptors (Lipinski definition) is 10. The Bertz CT molecular complexity index is 872. The van der Waals surface area contributed by atoms with Gasteiger partial charge in [-0.3, -0.25) is 4.68 Å². The Labute approximate surface area is 245 Å². The maximum atomic E-state index is 12.8. The lowest BCUT2D eigenvalue weighted by Crippen LogP contribution is -2.59. The van der Waals surface area contributed by atoms with Crippen molar-refractivity contribution in [3.05, 3.63) is 11.9 Å². The van der Waals surface area contributed by atoms with E-state index in [4.69, 9.17) is 19.9 Å².